The smallest absolute Gasteiger partial charge is 0.273 e. The molecule has 1 saturated heterocycles. The molecule has 8 nitrogen and oxygen atoms in total. The highest BCUT2D eigenvalue weighted by atomic mass is 16.2. The van der Waals surface area contributed by atoms with Gasteiger partial charge in [0.25, 0.3) is 5.91 Å². The first-order chi connectivity index (χ1) is 17.1. The van der Waals surface area contributed by atoms with Crippen LogP contribution in [0.25, 0.3) is 16.9 Å². The van der Waals surface area contributed by atoms with Gasteiger partial charge in [-0.25, -0.2) is 4.68 Å². The topological polar surface area (TPSA) is 96.3 Å². The number of aromatic nitrogens is 2. The molecule has 0 saturated carbocycles. The summed E-state index contributed by atoms with van der Waals surface area (Å²) < 4.78 is 1.63. The van der Waals surface area contributed by atoms with E-state index in [1.165, 1.54) is 0 Å². The number of benzene rings is 3. The number of hydrogen-bond donors (Lipinski definition) is 2. The molecule has 174 valence electrons. The van der Waals surface area contributed by atoms with Gasteiger partial charge in [0.2, 0.25) is 11.8 Å². The Morgan fingerprint density at radius 3 is 2.06 bits per heavy atom. The first kappa shape index (κ1) is 22.1. The van der Waals surface area contributed by atoms with Crippen molar-refractivity contribution in [1.29, 1.82) is 0 Å². The highest BCUT2D eigenvalue weighted by molar-refractivity contribution is 6.02. The van der Waals surface area contributed by atoms with E-state index in [1.54, 1.807) is 15.8 Å². The molecule has 1 atom stereocenters. The van der Waals surface area contributed by atoms with Crippen molar-refractivity contribution in [2.24, 2.45) is 5.92 Å². The zero-order valence-corrected chi connectivity index (χ0v) is 18.8. The van der Waals surface area contributed by atoms with Crippen LogP contribution < -0.4 is 15.8 Å². The van der Waals surface area contributed by atoms with Crippen molar-refractivity contribution in [2.45, 2.75) is 6.42 Å². The van der Waals surface area contributed by atoms with E-state index in [4.69, 9.17) is 0 Å². The number of amides is 3. The maximum Gasteiger partial charge on any atom is 0.273 e. The second-order valence-corrected chi connectivity index (χ2v) is 8.22. The Kier molecular flexibility index (Phi) is 6.09. The Hall–Kier alpha value is -4.72. The summed E-state index contributed by atoms with van der Waals surface area (Å²) in [7, 11) is 0. The molecule has 1 fully saturated rings. The molecule has 3 aromatic carbocycles. The van der Waals surface area contributed by atoms with Crippen LogP contribution >= 0.6 is 0 Å². The second-order valence-electron chi connectivity index (χ2n) is 8.22. The minimum atomic E-state index is -0.566. The fourth-order valence-electron chi connectivity index (χ4n) is 4.09. The number of hydrazine groups is 1. The van der Waals surface area contributed by atoms with Crippen molar-refractivity contribution in [2.75, 3.05) is 11.4 Å². The van der Waals surface area contributed by atoms with Crippen LogP contribution in [0.3, 0.4) is 0 Å². The molecule has 0 aliphatic carbocycles. The van der Waals surface area contributed by atoms with Crippen LogP contribution in [0.15, 0.2) is 97.2 Å². The lowest BCUT2D eigenvalue weighted by atomic mass is 10.1. The molecule has 0 spiro atoms. The molecular weight excluding hydrogens is 442 g/mol. The van der Waals surface area contributed by atoms with Gasteiger partial charge in [0.1, 0.15) is 5.69 Å². The van der Waals surface area contributed by atoms with Crippen molar-refractivity contribution in [3.8, 4) is 16.9 Å². The van der Waals surface area contributed by atoms with Gasteiger partial charge in [0.15, 0.2) is 0 Å². The zero-order valence-electron chi connectivity index (χ0n) is 18.8. The summed E-state index contributed by atoms with van der Waals surface area (Å²) in [6.07, 6.45) is 1.72. The SMILES string of the molecule is O=C(NNC(=O)C1CC(=O)N(c2ccccc2)C1)c1cn(-c2ccccc2)nc1-c1ccccc1. The third kappa shape index (κ3) is 4.67. The first-order valence-electron chi connectivity index (χ1n) is 11.3. The van der Waals surface area contributed by atoms with Gasteiger partial charge in [-0.2, -0.15) is 5.10 Å². The molecule has 3 amide bonds. The Bertz CT molecular complexity index is 1350. The molecule has 0 bridgehead atoms. The van der Waals surface area contributed by atoms with Crippen LogP contribution in [0.4, 0.5) is 5.69 Å². The minimum absolute atomic E-state index is 0.0812. The Morgan fingerprint density at radius 2 is 1.40 bits per heavy atom. The van der Waals surface area contributed by atoms with Crippen LogP contribution in [0.5, 0.6) is 0 Å². The van der Waals surface area contributed by atoms with E-state index in [-0.39, 0.29) is 18.9 Å². The van der Waals surface area contributed by atoms with E-state index in [2.05, 4.69) is 16.0 Å². The lowest BCUT2D eigenvalue weighted by Gasteiger charge is -2.16. The molecule has 2 heterocycles. The third-order valence-electron chi connectivity index (χ3n) is 5.89. The summed E-state index contributed by atoms with van der Waals surface area (Å²) >= 11 is 0. The maximum absolute atomic E-state index is 13.1. The van der Waals surface area contributed by atoms with Gasteiger partial charge in [-0.15, -0.1) is 0 Å². The lowest BCUT2D eigenvalue weighted by molar-refractivity contribution is -0.126. The van der Waals surface area contributed by atoms with Gasteiger partial charge in [-0.05, 0) is 24.3 Å². The molecule has 35 heavy (non-hydrogen) atoms. The molecule has 2 N–H and O–H groups in total. The van der Waals surface area contributed by atoms with Crippen molar-refractivity contribution in [3.05, 3.63) is 103 Å². The monoisotopic (exact) mass is 465 g/mol. The molecule has 1 aliphatic rings. The summed E-state index contributed by atoms with van der Waals surface area (Å²) in [5, 5.41) is 4.62. The Balaban J connectivity index is 1.31. The van der Waals surface area contributed by atoms with Gasteiger partial charge in [0.05, 0.1) is 17.2 Å². The second kappa shape index (κ2) is 9.64. The van der Waals surface area contributed by atoms with E-state index in [9.17, 15) is 14.4 Å². The number of anilines is 1. The number of hydrogen-bond acceptors (Lipinski definition) is 4. The first-order valence-corrected chi connectivity index (χ1v) is 11.3. The van der Waals surface area contributed by atoms with Crippen molar-refractivity contribution >= 4 is 23.4 Å². The standard InChI is InChI=1S/C27H23N5O3/c33-24-16-20(17-31(24)21-12-6-2-7-13-21)26(34)28-29-27(35)23-18-32(22-14-8-3-9-15-22)30-25(23)19-10-4-1-5-11-19/h1-15,18,20H,16-17H2,(H,28,34)(H,29,35). The van der Waals surface area contributed by atoms with Crippen LogP contribution in [-0.2, 0) is 9.59 Å². The van der Waals surface area contributed by atoms with Crippen molar-refractivity contribution < 1.29 is 14.4 Å². The molecule has 4 aromatic rings. The lowest BCUT2D eigenvalue weighted by Crippen LogP contribution is -2.45. The molecule has 0 radical (unpaired) electrons. The largest absolute Gasteiger partial charge is 0.312 e. The molecule has 8 heteroatoms. The van der Waals surface area contributed by atoms with E-state index in [0.29, 0.717) is 11.3 Å². The van der Waals surface area contributed by atoms with Crippen molar-refractivity contribution in [1.82, 2.24) is 20.6 Å². The highest BCUT2D eigenvalue weighted by Gasteiger charge is 2.35. The molecule has 1 aromatic heterocycles. The van der Waals surface area contributed by atoms with Crippen LogP contribution in [-0.4, -0.2) is 34.0 Å². The molecule has 5 rings (SSSR count). The number of para-hydroxylation sites is 2. The van der Waals surface area contributed by atoms with Gasteiger partial charge in [-0.3, -0.25) is 25.2 Å². The Labute approximate surface area is 202 Å². The van der Waals surface area contributed by atoms with E-state index < -0.39 is 17.7 Å². The van der Waals surface area contributed by atoms with E-state index in [0.717, 1.165) is 16.9 Å². The van der Waals surface area contributed by atoms with Gasteiger partial charge < -0.3 is 4.90 Å². The highest BCUT2D eigenvalue weighted by Crippen LogP contribution is 2.25. The molecule has 1 unspecified atom stereocenters. The quantitative estimate of drug-likeness (QED) is 0.442. The predicted molar refractivity (Wildman–Crippen MR) is 132 cm³/mol. The normalized spacial score (nSPS) is 15.1. The zero-order chi connectivity index (χ0) is 24.2. The van der Waals surface area contributed by atoms with Gasteiger partial charge in [0, 0.05) is 30.4 Å². The molecule has 1 aliphatic heterocycles. The number of carbonyl (C=O) groups is 3. The number of carbonyl (C=O) groups excluding carboxylic acids is 3. The van der Waals surface area contributed by atoms with Crippen molar-refractivity contribution in [3.63, 3.8) is 0 Å². The summed E-state index contributed by atoms with van der Waals surface area (Å²) in [6.45, 7) is 0.256. The van der Waals surface area contributed by atoms with E-state index in [1.807, 2.05) is 91.0 Å². The summed E-state index contributed by atoms with van der Waals surface area (Å²) in [6, 6.07) is 28.0. The number of nitrogens with one attached hydrogen (secondary N) is 2. The maximum atomic E-state index is 13.1. The van der Waals surface area contributed by atoms with Crippen LogP contribution in [0.1, 0.15) is 16.8 Å². The summed E-state index contributed by atoms with van der Waals surface area (Å²) in [5.41, 5.74) is 8.12. The third-order valence-corrected chi connectivity index (χ3v) is 5.89. The average Bonchev–Trinajstić information content (AvgIpc) is 3.53. The van der Waals surface area contributed by atoms with Gasteiger partial charge in [-0.1, -0.05) is 66.7 Å². The van der Waals surface area contributed by atoms with Gasteiger partial charge >= 0.3 is 0 Å². The minimum Gasteiger partial charge on any atom is -0.312 e. The fourth-order valence-corrected chi connectivity index (χ4v) is 4.09. The number of rotatable bonds is 5. The molecular formula is C27H23N5O3. The van der Waals surface area contributed by atoms with Crippen LogP contribution in [0.2, 0.25) is 0 Å². The predicted octanol–water partition coefficient (Wildman–Crippen LogP) is 3.35. The summed E-state index contributed by atoms with van der Waals surface area (Å²) in [5.74, 6) is -1.60. The Morgan fingerprint density at radius 1 is 0.800 bits per heavy atom. The van der Waals surface area contributed by atoms with E-state index >= 15 is 0 Å². The fraction of sp³-hybridized carbons (Fsp3) is 0.111. The summed E-state index contributed by atoms with van der Waals surface area (Å²) in [4.78, 5) is 39.9. The average molecular weight is 466 g/mol. The number of nitrogens with zero attached hydrogens (tertiary/aromatic N) is 3. The van der Waals surface area contributed by atoms with Crippen LogP contribution in [0, 0.1) is 5.92 Å².